The molecule has 0 bridgehead atoms. The molecule has 4 nitrogen and oxygen atoms in total. The van der Waals surface area contributed by atoms with Gasteiger partial charge in [-0.1, -0.05) is 18.2 Å². The lowest BCUT2D eigenvalue weighted by atomic mass is 10.00. The maximum Gasteiger partial charge on any atom is 0.328 e. The van der Waals surface area contributed by atoms with Crippen molar-refractivity contribution in [3.63, 3.8) is 0 Å². The standard InChI is InChI=1S/C15H17NO3/c1-3-5-11-6-4-7-12(10-11)14(17)16-9-8-13(16)15(18)19-2/h3-4,6-7,10,13H,1,5,8-9H2,2H3. The van der Waals surface area contributed by atoms with Crippen LogP contribution in [0.5, 0.6) is 0 Å². The van der Waals surface area contributed by atoms with E-state index in [-0.39, 0.29) is 11.9 Å². The van der Waals surface area contributed by atoms with Gasteiger partial charge in [-0.15, -0.1) is 6.58 Å². The van der Waals surface area contributed by atoms with E-state index < -0.39 is 6.04 Å². The van der Waals surface area contributed by atoms with Gasteiger partial charge in [0.1, 0.15) is 6.04 Å². The minimum atomic E-state index is -0.430. The molecule has 1 aromatic carbocycles. The number of benzene rings is 1. The number of carbonyl (C=O) groups is 2. The fourth-order valence-corrected chi connectivity index (χ4v) is 2.18. The molecule has 0 aromatic heterocycles. The second kappa shape index (κ2) is 5.69. The number of allylic oxidation sites excluding steroid dienone is 1. The summed E-state index contributed by atoms with van der Waals surface area (Å²) in [4.78, 5) is 25.3. The second-order valence-electron chi connectivity index (χ2n) is 4.52. The van der Waals surface area contributed by atoms with Crippen LogP contribution in [0.2, 0.25) is 0 Å². The average molecular weight is 259 g/mol. The first kappa shape index (κ1) is 13.3. The van der Waals surface area contributed by atoms with E-state index in [2.05, 4.69) is 11.3 Å². The van der Waals surface area contributed by atoms with Crippen molar-refractivity contribution in [3.05, 3.63) is 48.0 Å². The number of amides is 1. The minimum absolute atomic E-state index is 0.118. The Morgan fingerprint density at radius 3 is 2.89 bits per heavy atom. The third kappa shape index (κ3) is 2.67. The second-order valence-corrected chi connectivity index (χ2v) is 4.52. The maximum atomic E-state index is 12.3. The van der Waals surface area contributed by atoms with Crippen molar-refractivity contribution in [1.29, 1.82) is 0 Å². The van der Waals surface area contributed by atoms with Crippen molar-refractivity contribution >= 4 is 11.9 Å². The van der Waals surface area contributed by atoms with Gasteiger partial charge in [-0.05, 0) is 30.5 Å². The molecule has 1 aromatic rings. The fourth-order valence-electron chi connectivity index (χ4n) is 2.18. The van der Waals surface area contributed by atoms with Crippen LogP contribution in [0, 0.1) is 0 Å². The lowest BCUT2D eigenvalue weighted by Crippen LogP contribution is -2.55. The first-order valence-electron chi connectivity index (χ1n) is 6.26. The number of esters is 1. The monoisotopic (exact) mass is 259 g/mol. The Hall–Kier alpha value is -2.10. The highest BCUT2D eigenvalue weighted by atomic mass is 16.5. The summed E-state index contributed by atoms with van der Waals surface area (Å²) in [6.45, 7) is 4.28. The zero-order valence-electron chi connectivity index (χ0n) is 11.0. The largest absolute Gasteiger partial charge is 0.467 e. The Morgan fingerprint density at radius 2 is 2.32 bits per heavy atom. The summed E-state index contributed by atoms with van der Waals surface area (Å²) in [7, 11) is 1.34. The predicted octanol–water partition coefficient (Wildman–Crippen LogP) is 1.80. The van der Waals surface area contributed by atoms with Crippen molar-refractivity contribution in [1.82, 2.24) is 4.90 Å². The van der Waals surface area contributed by atoms with Gasteiger partial charge in [0.05, 0.1) is 7.11 Å². The Kier molecular flexibility index (Phi) is 4.00. The van der Waals surface area contributed by atoms with Gasteiger partial charge in [0.25, 0.3) is 5.91 Å². The summed E-state index contributed by atoms with van der Waals surface area (Å²) >= 11 is 0. The molecule has 4 heteroatoms. The average Bonchev–Trinajstić information content (AvgIpc) is 2.38. The number of likely N-dealkylation sites (tertiary alicyclic amines) is 1. The fraction of sp³-hybridized carbons (Fsp3) is 0.333. The summed E-state index contributed by atoms with van der Waals surface area (Å²) in [5.74, 6) is -0.464. The molecule has 1 fully saturated rings. The van der Waals surface area contributed by atoms with Crippen LogP contribution in [0.25, 0.3) is 0 Å². The normalized spacial score (nSPS) is 17.5. The number of ether oxygens (including phenoxy) is 1. The van der Waals surface area contributed by atoms with E-state index in [1.54, 1.807) is 17.0 Å². The van der Waals surface area contributed by atoms with E-state index >= 15 is 0 Å². The molecule has 100 valence electrons. The minimum Gasteiger partial charge on any atom is -0.467 e. The Labute approximate surface area is 112 Å². The van der Waals surface area contributed by atoms with Gasteiger partial charge in [-0.3, -0.25) is 4.79 Å². The third-order valence-electron chi connectivity index (χ3n) is 3.31. The van der Waals surface area contributed by atoms with Crippen molar-refractivity contribution in [2.24, 2.45) is 0 Å². The van der Waals surface area contributed by atoms with Gasteiger partial charge < -0.3 is 9.64 Å². The summed E-state index contributed by atoms with van der Waals surface area (Å²) in [5, 5.41) is 0. The molecule has 0 aliphatic carbocycles. The molecule has 0 radical (unpaired) electrons. The number of methoxy groups -OCH3 is 1. The number of hydrogen-bond donors (Lipinski definition) is 0. The number of rotatable bonds is 4. The molecular formula is C15H17NO3. The van der Waals surface area contributed by atoms with Crippen LogP contribution in [-0.2, 0) is 16.0 Å². The van der Waals surface area contributed by atoms with E-state index in [0.29, 0.717) is 18.5 Å². The molecule has 0 N–H and O–H groups in total. The molecule has 1 atom stereocenters. The van der Waals surface area contributed by atoms with E-state index in [0.717, 1.165) is 12.0 Å². The predicted molar refractivity (Wildman–Crippen MR) is 71.8 cm³/mol. The van der Waals surface area contributed by atoms with Crippen molar-refractivity contribution in [2.75, 3.05) is 13.7 Å². The summed E-state index contributed by atoms with van der Waals surface area (Å²) in [5.41, 5.74) is 1.64. The number of hydrogen-bond acceptors (Lipinski definition) is 3. The van der Waals surface area contributed by atoms with Crippen LogP contribution in [0.4, 0.5) is 0 Å². The molecule has 1 saturated heterocycles. The highest BCUT2D eigenvalue weighted by Gasteiger charge is 2.38. The number of carbonyl (C=O) groups excluding carboxylic acids is 2. The van der Waals surface area contributed by atoms with E-state index in [4.69, 9.17) is 0 Å². The first-order chi connectivity index (χ1) is 9.17. The van der Waals surface area contributed by atoms with Gasteiger partial charge in [-0.2, -0.15) is 0 Å². The van der Waals surface area contributed by atoms with E-state index in [1.807, 2.05) is 18.2 Å². The Morgan fingerprint density at radius 1 is 1.53 bits per heavy atom. The van der Waals surface area contributed by atoms with Crippen LogP contribution in [0.15, 0.2) is 36.9 Å². The van der Waals surface area contributed by atoms with Gasteiger partial charge in [0.15, 0.2) is 0 Å². The van der Waals surface area contributed by atoms with Crippen LogP contribution in [-0.4, -0.2) is 36.5 Å². The highest BCUT2D eigenvalue weighted by molar-refractivity contribution is 5.97. The van der Waals surface area contributed by atoms with Crippen molar-refractivity contribution in [3.8, 4) is 0 Å². The van der Waals surface area contributed by atoms with Crippen LogP contribution in [0.1, 0.15) is 22.3 Å². The lowest BCUT2D eigenvalue weighted by molar-refractivity contribution is -0.149. The maximum absolute atomic E-state index is 12.3. The van der Waals surface area contributed by atoms with Crippen molar-refractivity contribution in [2.45, 2.75) is 18.9 Å². The molecule has 2 rings (SSSR count). The third-order valence-corrected chi connectivity index (χ3v) is 3.31. The summed E-state index contributed by atoms with van der Waals surface area (Å²) in [6, 6.07) is 6.98. The molecule has 19 heavy (non-hydrogen) atoms. The Bertz CT molecular complexity index is 510. The molecule has 1 heterocycles. The zero-order valence-corrected chi connectivity index (χ0v) is 11.0. The molecule has 1 unspecified atom stereocenters. The lowest BCUT2D eigenvalue weighted by Gasteiger charge is -2.38. The van der Waals surface area contributed by atoms with E-state index in [1.165, 1.54) is 7.11 Å². The quantitative estimate of drug-likeness (QED) is 0.612. The molecule has 0 saturated carbocycles. The highest BCUT2D eigenvalue weighted by Crippen LogP contribution is 2.22. The van der Waals surface area contributed by atoms with Gasteiger partial charge in [0.2, 0.25) is 0 Å². The van der Waals surface area contributed by atoms with Crippen molar-refractivity contribution < 1.29 is 14.3 Å². The summed E-state index contributed by atoms with van der Waals surface area (Å²) in [6.07, 6.45) is 3.19. The Balaban J connectivity index is 2.13. The smallest absolute Gasteiger partial charge is 0.328 e. The first-order valence-corrected chi connectivity index (χ1v) is 6.26. The SMILES string of the molecule is C=CCc1cccc(C(=O)N2CCC2C(=O)OC)c1. The molecular weight excluding hydrogens is 242 g/mol. The molecule has 1 amide bonds. The number of nitrogens with zero attached hydrogens (tertiary/aromatic N) is 1. The van der Waals surface area contributed by atoms with Crippen LogP contribution >= 0.6 is 0 Å². The van der Waals surface area contributed by atoms with Gasteiger partial charge in [-0.25, -0.2) is 4.79 Å². The molecule has 1 aliphatic heterocycles. The van der Waals surface area contributed by atoms with Gasteiger partial charge in [0, 0.05) is 12.1 Å². The topological polar surface area (TPSA) is 46.6 Å². The zero-order chi connectivity index (χ0) is 13.8. The summed E-state index contributed by atoms with van der Waals surface area (Å²) < 4.78 is 4.69. The van der Waals surface area contributed by atoms with Gasteiger partial charge >= 0.3 is 5.97 Å². The molecule has 0 spiro atoms. The van der Waals surface area contributed by atoms with Crippen LogP contribution < -0.4 is 0 Å². The van der Waals surface area contributed by atoms with E-state index in [9.17, 15) is 9.59 Å². The van der Waals surface area contributed by atoms with Crippen LogP contribution in [0.3, 0.4) is 0 Å². The molecule has 1 aliphatic rings.